The Hall–Kier alpha value is -2.91. The highest BCUT2D eigenvalue weighted by atomic mass is 16.6. The molecule has 3 fully saturated rings. The number of β-amino-alcohol motifs (C(OH)–C–C–N with tert-alkyl or cyclic N) is 1. The van der Waals surface area contributed by atoms with Crippen LogP contribution in [0.3, 0.4) is 0 Å². The quantitative estimate of drug-likeness (QED) is 0.330. The molecule has 2 amide bonds. The van der Waals surface area contributed by atoms with Gasteiger partial charge < -0.3 is 29.3 Å². The largest absolute Gasteiger partial charge is 0.466 e. The molecule has 4 rings (SSSR count). The van der Waals surface area contributed by atoms with Crippen LogP contribution in [0.5, 0.6) is 0 Å². The lowest BCUT2D eigenvalue weighted by molar-refractivity contribution is -0.160. The smallest absolute Gasteiger partial charge is 0.312 e. The summed E-state index contributed by atoms with van der Waals surface area (Å²) in [4.78, 5) is 46.7. The Balaban J connectivity index is 1.76. The Morgan fingerprint density at radius 2 is 1.82 bits per heavy atom. The summed E-state index contributed by atoms with van der Waals surface area (Å²) >= 11 is 0. The van der Waals surface area contributed by atoms with Gasteiger partial charge in [-0.1, -0.05) is 13.0 Å². The second kappa shape index (κ2) is 11.1. The molecule has 0 saturated carbocycles. The van der Waals surface area contributed by atoms with Crippen molar-refractivity contribution in [2.24, 2.45) is 11.8 Å². The number of hydrogen-bond acceptors (Lipinski definition) is 7. The molecule has 9 heteroatoms. The third-order valence-electron chi connectivity index (χ3n) is 8.66. The number of amides is 2. The summed E-state index contributed by atoms with van der Waals surface area (Å²) in [6.45, 7) is 13.6. The normalized spacial score (nSPS) is 29.3. The van der Waals surface area contributed by atoms with E-state index >= 15 is 0 Å². The first-order valence-corrected chi connectivity index (χ1v) is 13.8. The number of anilines is 2. The van der Waals surface area contributed by atoms with E-state index in [-0.39, 0.29) is 38.1 Å². The predicted molar refractivity (Wildman–Crippen MR) is 145 cm³/mol. The Bertz CT molecular complexity index is 1060. The summed E-state index contributed by atoms with van der Waals surface area (Å²) in [5.74, 6) is -2.70. The standard InChI is InChI=1S/C29H41N3O6/c1-6-17-31(21-13-11-20(12-14-21)30(8-3)9-4)26(35)24-29-16-15-28(7-2,38-29)23(27(36)37-10-5)22(29)25(34)32(24)18-19-33/h6,11-14,22-24,33H,1,7-10,15-19H2,2-5H3/t22-,23+,24?,28-,29?/m0/s1. The number of likely N-dealkylation sites (tertiary alicyclic amines) is 1. The van der Waals surface area contributed by atoms with Crippen molar-refractivity contribution < 1.29 is 29.0 Å². The number of carbonyl (C=O) groups is 3. The van der Waals surface area contributed by atoms with Crippen molar-refractivity contribution in [3.8, 4) is 0 Å². The summed E-state index contributed by atoms with van der Waals surface area (Å²) < 4.78 is 12.1. The third-order valence-corrected chi connectivity index (χ3v) is 8.66. The summed E-state index contributed by atoms with van der Waals surface area (Å²) in [6, 6.07) is 6.80. The van der Waals surface area contributed by atoms with Gasteiger partial charge in [-0.3, -0.25) is 14.4 Å². The predicted octanol–water partition coefficient (Wildman–Crippen LogP) is 2.76. The molecular formula is C29H41N3O6. The minimum absolute atomic E-state index is 0.0195. The van der Waals surface area contributed by atoms with Crippen molar-refractivity contribution in [1.82, 2.24) is 4.90 Å². The first-order chi connectivity index (χ1) is 18.3. The number of aliphatic hydroxyl groups excluding tert-OH is 1. The summed E-state index contributed by atoms with van der Waals surface area (Å²) in [5.41, 5.74) is -0.259. The molecule has 208 valence electrons. The van der Waals surface area contributed by atoms with Crippen LogP contribution in [-0.4, -0.2) is 84.4 Å². The van der Waals surface area contributed by atoms with Crippen LogP contribution < -0.4 is 9.80 Å². The van der Waals surface area contributed by atoms with Crippen LogP contribution in [0, 0.1) is 11.8 Å². The number of hydrogen-bond donors (Lipinski definition) is 1. The van der Waals surface area contributed by atoms with Gasteiger partial charge in [-0.2, -0.15) is 0 Å². The fourth-order valence-corrected chi connectivity index (χ4v) is 6.97. The monoisotopic (exact) mass is 527 g/mol. The molecule has 1 aromatic rings. The van der Waals surface area contributed by atoms with Gasteiger partial charge in [-0.05, 0) is 64.3 Å². The van der Waals surface area contributed by atoms with Crippen molar-refractivity contribution >= 4 is 29.2 Å². The SMILES string of the molecule is C=CCN(C(=O)C1N(CCO)C(=O)[C@@H]2[C@H](C(=O)OCC)[C@]3(CC)CCC12O3)c1ccc(N(CC)CC)cc1. The maximum Gasteiger partial charge on any atom is 0.312 e. The Morgan fingerprint density at radius 1 is 1.16 bits per heavy atom. The van der Waals surface area contributed by atoms with Crippen molar-refractivity contribution in [3.63, 3.8) is 0 Å². The zero-order chi connectivity index (χ0) is 27.7. The van der Waals surface area contributed by atoms with Gasteiger partial charge in [-0.15, -0.1) is 6.58 Å². The Morgan fingerprint density at radius 3 is 2.37 bits per heavy atom. The van der Waals surface area contributed by atoms with Gasteiger partial charge in [0, 0.05) is 37.6 Å². The number of carbonyl (C=O) groups excluding carboxylic acids is 3. The number of aliphatic hydroxyl groups is 1. The molecule has 3 saturated heterocycles. The fraction of sp³-hybridized carbons (Fsp3) is 0.621. The summed E-state index contributed by atoms with van der Waals surface area (Å²) in [5, 5.41) is 9.85. The topological polar surface area (TPSA) is 99.6 Å². The van der Waals surface area contributed by atoms with E-state index in [1.807, 2.05) is 31.2 Å². The van der Waals surface area contributed by atoms with E-state index < -0.39 is 35.0 Å². The number of esters is 1. The van der Waals surface area contributed by atoms with Gasteiger partial charge in [0.2, 0.25) is 5.91 Å². The number of rotatable bonds is 12. The molecule has 38 heavy (non-hydrogen) atoms. The van der Waals surface area contributed by atoms with E-state index in [1.165, 1.54) is 4.90 Å². The fourth-order valence-electron chi connectivity index (χ4n) is 6.97. The van der Waals surface area contributed by atoms with Crippen molar-refractivity contribution in [3.05, 3.63) is 36.9 Å². The highest BCUT2D eigenvalue weighted by Gasteiger charge is 2.79. The first kappa shape index (κ1) is 28.1. The summed E-state index contributed by atoms with van der Waals surface area (Å²) in [7, 11) is 0. The van der Waals surface area contributed by atoms with E-state index in [0.717, 1.165) is 18.8 Å². The van der Waals surface area contributed by atoms with Gasteiger partial charge in [0.15, 0.2) is 0 Å². The molecule has 3 aliphatic rings. The van der Waals surface area contributed by atoms with E-state index in [9.17, 15) is 19.5 Å². The molecule has 0 aliphatic carbocycles. The van der Waals surface area contributed by atoms with Gasteiger partial charge >= 0.3 is 5.97 Å². The molecule has 0 radical (unpaired) electrons. The van der Waals surface area contributed by atoms with E-state index in [0.29, 0.717) is 24.9 Å². The van der Waals surface area contributed by atoms with Crippen LogP contribution in [0.4, 0.5) is 11.4 Å². The molecule has 1 spiro atoms. The van der Waals surface area contributed by atoms with Crippen molar-refractivity contribution in [2.75, 3.05) is 49.2 Å². The average molecular weight is 528 g/mol. The second-order valence-corrected chi connectivity index (χ2v) is 10.3. The lowest BCUT2D eigenvalue weighted by atomic mass is 9.65. The van der Waals surface area contributed by atoms with Gasteiger partial charge in [0.05, 0.1) is 24.7 Å². The molecular weight excluding hydrogens is 486 g/mol. The van der Waals surface area contributed by atoms with Crippen LogP contribution in [0.25, 0.3) is 0 Å². The van der Waals surface area contributed by atoms with Crippen LogP contribution in [0.2, 0.25) is 0 Å². The third kappa shape index (κ3) is 4.20. The van der Waals surface area contributed by atoms with Gasteiger partial charge in [0.1, 0.15) is 17.6 Å². The lowest BCUT2D eigenvalue weighted by Crippen LogP contribution is -2.56. The van der Waals surface area contributed by atoms with Crippen LogP contribution in [-0.2, 0) is 23.9 Å². The van der Waals surface area contributed by atoms with Gasteiger partial charge in [0.25, 0.3) is 5.91 Å². The molecule has 2 unspecified atom stereocenters. The van der Waals surface area contributed by atoms with Crippen LogP contribution >= 0.6 is 0 Å². The average Bonchev–Trinajstić information content (AvgIpc) is 3.52. The molecule has 9 nitrogen and oxygen atoms in total. The molecule has 3 heterocycles. The Kier molecular flexibility index (Phi) is 8.18. The van der Waals surface area contributed by atoms with Crippen LogP contribution in [0.15, 0.2) is 36.9 Å². The molecule has 2 bridgehead atoms. The van der Waals surface area contributed by atoms with Crippen molar-refractivity contribution in [2.45, 2.75) is 64.2 Å². The Labute approximate surface area is 225 Å². The molecule has 5 atom stereocenters. The minimum atomic E-state index is -1.16. The zero-order valence-electron chi connectivity index (χ0n) is 23.0. The maximum atomic E-state index is 14.4. The number of fused-ring (bicyclic) bond motifs is 1. The van der Waals surface area contributed by atoms with Crippen LogP contribution in [0.1, 0.15) is 47.0 Å². The highest BCUT2D eigenvalue weighted by molar-refractivity contribution is 6.05. The van der Waals surface area contributed by atoms with Crippen molar-refractivity contribution in [1.29, 1.82) is 0 Å². The maximum absolute atomic E-state index is 14.4. The highest BCUT2D eigenvalue weighted by Crippen LogP contribution is 2.64. The molecule has 0 aromatic heterocycles. The number of nitrogens with zero attached hydrogens (tertiary/aromatic N) is 3. The summed E-state index contributed by atoms with van der Waals surface area (Å²) in [6.07, 6.45) is 3.23. The first-order valence-electron chi connectivity index (χ1n) is 13.8. The van der Waals surface area contributed by atoms with E-state index in [2.05, 4.69) is 25.3 Å². The number of benzene rings is 1. The lowest BCUT2D eigenvalue weighted by Gasteiger charge is -2.36. The minimum Gasteiger partial charge on any atom is -0.466 e. The molecule has 1 N–H and O–H groups in total. The number of ether oxygens (including phenoxy) is 2. The zero-order valence-corrected chi connectivity index (χ0v) is 23.0. The second-order valence-electron chi connectivity index (χ2n) is 10.3. The molecule has 1 aromatic carbocycles. The van der Waals surface area contributed by atoms with E-state index in [1.54, 1.807) is 17.9 Å². The van der Waals surface area contributed by atoms with E-state index in [4.69, 9.17) is 9.47 Å². The molecule has 3 aliphatic heterocycles. The van der Waals surface area contributed by atoms with Gasteiger partial charge in [-0.25, -0.2) is 0 Å².